The highest BCUT2D eigenvalue weighted by molar-refractivity contribution is 5.25. The minimum absolute atomic E-state index is 0.747. The molecule has 2 atom stereocenters. The van der Waals surface area contributed by atoms with Crippen LogP contribution in [0.4, 0.5) is 0 Å². The molecule has 2 nitrogen and oxygen atoms in total. The second-order valence-corrected chi connectivity index (χ2v) is 5.61. The van der Waals surface area contributed by atoms with Gasteiger partial charge in [0.1, 0.15) is 5.82 Å². The molecule has 1 aromatic rings. The number of imidazole rings is 1. The van der Waals surface area contributed by atoms with Crippen LogP contribution in [0.25, 0.3) is 0 Å². The lowest BCUT2D eigenvalue weighted by molar-refractivity contribution is 0.400. The highest BCUT2D eigenvalue weighted by Gasteiger charge is 2.28. The van der Waals surface area contributed by atoms with Gasteiger partial charge in [0.15, 0.2) is 0 Å². The summed E-state index contributed by atoms with van der Waals surface area (Å²) in [6.45, 7) is 5.88. The molecule has 2 heteroatoms. The smallest absolute Gasteiger partial charge is 0.109 e. The molecule has 88 valence electrons. The summed E-state index contributed by atoms with van der Waals surface area (Å²) in [6, 6.07) is 0. The summed E-state index contributed by atoms with van der Waals surface area (Å²) < 4.78 is 2.54. The van der Waals surface area contributed by atoms with E-state index in [0.717, 1.165) is 11.8 Å². The Bertz CT molecular complexity index is 392. The first-order chi connectivity index (χ1) is 7.79. The Morgan fingerprint density at radius 1 is 1.38 bits per heavy atom. The van der Waals surface area contributed by atoms with E-state index in [-0.39, 0.29) is 0 Å². The van der Waals surface area contributed by atoms with Crippen molar-refractivity contribution in [3.63, 3.8) is 0 Å². The summed E-state index contributed by atoms with van der Waals surface area (Å²) in [7, 11) is 0. The van der Waals surface area contributed by atoms with Gasteiger partial charge in [0, 0.05) is 24.6 Å². The average Bonchev–Trinajstić information content (AvgIpc) is 2.65. The Labute approximate surface area is 98.1 Å². The van der Waals surface area contributed by atoms with Crippen molar-refractivity contribution in [3.8, 4) is 0 Å². The van der Waals surface area contributed by atoms with Crippen molar-refractivity contribution >= 4 is 0 Å². The zero-order valence-corrected chi connectivity index (χ0v) is 10.5. The van der Waals surface area contributed by atoms with Gasteiger partial charge in [-0.25, -0.2) is 4.98 Å². The van der Waals surface area contributed by atoms with E-state index in [1.54, 1.807) is 5.69 Å². The first-order valence-corrected chi connectivity index (χ1v) is 6.87. The third-order valence-corrected chi connectivity index (χ3v) is 4.40. The predicted octanol–water partition coefficient (Wildman–Crippen LogP) is 3.30. The standard InChI is InChI=1S/C14H22N2/c1-3-11-5-4-6-12-14(11)15-13-9-10(2)7-8-16(12)13/h10-11H,3-9H2,1-2H3. The van der Waals surface area contributed by atoms with Crippen LogP contribution in [0.2, 0.25) is 0 Å². The molecule has 0 saturated carbocycles. The van der Waals surface area contributed by atoms with Crippen LogP contribution in [0.1, 0.15) is 62.7 Å². The maximum absolute atomic E-state index is 4.96. The summed E-state index contributed by atoms with van der Waals surface area (Å²) in [5.41, 5.74) is 3.04. The van der Waals surface area contributed by atoms with Crippen molar-refractivity contribution < 1.29 is 0 Å². The molecule has 0 N–H and O–H groups in total. The molecule has 2 aliphatic rings. The van der Waals surface area contributed by atoms with Gasteiger partial charge in [0.2, 0.25) is 0 Å². The summed E-state index contributed by atoms with van der Waals surface area (Å²) in [5, 5.41) is 0. The van der Waals surface area contributed by atoms with Gasteiger partial charge in [-0.1, -0.05) is 13.8 Å². The Balaban J connectivity index is 2.02. The monoisotopic (exact) mass is 218 g/mol. The number of aromatic nitrogens is 2. The van der Waals surface area contributed by atoms with Crippen LogP contribution in [0, 0.1) is 5.92 Å². The van der Waals surface area contributed by atoms with Gasteiger partial charge in [0.05, 0.1) is 5.69 Å². The van der Waals surface area contributed by atoms with Crippen LogP contribution in [0.5, 0.6) is 0 Å². The number of rotatable bonds is 1. The number of hydrogen-bond donors (Lipinski definition) is 0. The van der Waals surface area contributed by atoms with E-state index in [1.807, 2.05) is 0 Å². The van der Waals surface area contributed by atoms with Gasteiger partial charge >= 0.3 is 0 Å². The Morgan fingerprint density at radius 2 is 2.25 bits per heavy atom. The topological polar surface area (TPSA) is 17.8 Å². The summed E-state index contributed by atoms with van der Waals surface area (Å²) >= 11 is 0. The molecule has 0 radical (unpaired) electrons. The molecular formula is C14H22N2. The maximum Gasteiger partial charge on any atom is 0.109 e. The van der Waals surface area contributed by atoms with Crippen molar-refractivity contribution in [2.24, 2.45) is 5.92 Å². The van der Waals surface area contributed by atoms with Gasteiger partial charge in [-0.15, -0.1) is 0 Å². The zero-order valence-electron chi connectivity index (χ0n) is 10.5. The number of hydrogen-bond acceptors (Lipinski definition) is 1. The van der Waals surface area contributed by atoms with Crippen LogP contribution in [0.15, 0.2) is 0 Å². The summed E-state index contributed by atoms with van der Waals surface area (Å²) in [4.78, 5) is 4.96. The molecule has 0 aromatic carbocycles. The zero-order chi connectivity index (χ0) is 11.1. The van der Waals surface area contributed by atoms with Crippen LogP contribution in [-0.4, -0.2) is 9.55 Å². The van der Waals surface area contributed by atoms with E-state index in [9.17, 15) is 0 Å². The number of fused-ring (bicyclic) bond motifs is 3. The lowest BCUT2D eigenvalue weighted by Crippen LogP contribution is -2.19. The van der Waals surface area contributed by atoms with Crippen LogP contribution in [0.3, 0.4) is 0 Å². The van der Waals surface area contributed by atoms with Crippen molar-refractivity contribution in [2.75, 3.05) is 0 Å². The molecule has 2 unspecified atom stereocenters. The predicted molar refractivity (Wildman–Crippen MR) is 65.7 cm³/mol. The molecule has 0 spiro atoms. The lowest BCUT2D eigenvalue weighted by Gasteiger charge is -2.24. The second kappa shape index (κ2) is 3.90. The summed E-state index contributed by atoms with van der Waals surface area (Å²) in [5.74, 6) is 2.96. The van der Waals surface area contributed by atoms with E-state index >= 15 is 0 Å². The Kier molecular flexibility index (Phi) is 2.53. The molecule has 1 aromatic heterocycles. The van der Waals surface area contributed by atoms with Gasteiger partial charge in [-0.05, 0) is 38.0 Å². The quantitative estimate of drug-likeness (QED) is 0.707. The first kappa shape index (κ1) is 10.4. The van der Waals surface area contributed by atoms with E-state index in [2.05, 4.69) is 18.4 Å². The fraction of sp³-hybridized carbons (Fsp3) is 0.786. The molecule has 0 saturated heterocycles. The van der Waals surface area contributed by atoms with Gasteiger partial charge in [0.25, 0.3) is 0 Å². The fourth-order valence-corrected chi connectivity index (χ4v) is 3.38. The van der Waals surface area contributed by atoms with E-state index in [1.165, 1.54) is 56.6 Å². The van der Waals surface area contributed by atoms with E-state index in [4.69, 9.17) is 4.98 Å². The first-order valence-electron chi connectivity index (χ1n) is 6.87. The SMILES string of the molecule is CCC1CCCc2c1nc1n2CCC(C)C1. The lowest BCUT2D eigenvalue weighted by atomic mass is 9.88. The third kappa shape index (κ3) is 1.50. The molecule has 1 aliphatic heterocycles. The highest BCUT2D eigenvalue weighted by atomic mass is 15.1. The maximum atomic E-state index is 4.96. The average molecular weight is 218 g/mol. The molecule has 1 aliphatic carbocycles. The van der Waals surface area contributed by atoms with E-state index < -0.39 is 0 Å². The van der Waals surface area contributed by atoms with Crippen molar-refractivity contribution in [1.29, 1.82) is 0 Å². The molecule has 2 heterocycles. The van der Waals surface area contributed by atoms with Crippen molar-refractivity contribution in [1.82, 2.24) is 9.55 Å². The van der Waals surface area contributed by atoms with Crippen molar-refractivity contribution in [2.45, 2.75) is 64.8 Å². The third-order valence-electron chi connectivity index (χ3n) is 4.40. The number of nitrogens with zero attached hydrogens (tertiary/aromatic N) is 2. The van der Waals surface area contributed by atoms with Crippen LogP contribution < -0.4 is 0 Å². The fourth-order valence-electron chi connectivity index (χ4n) is 3.38. The minimum Gasteiger partial charge on any atom is -0.332 e. The second-order valence-electron chi connectivity index (χ2n) is 5.61. The molecule has 0 bridgehead atoms. The molecule has 16 heavy (non-hydrogen) atoms. The van der Waals surface area contributed by atoms with Crippen LogP contribution in [-0.2, 0) is 19.4 Å². The highest BCUT2D eigenvalue weighted by Crippen LogP contribution is 2.35. The normalized spacial score (nSPS) is 28.6. The van der Waals surface area contributed by atoms with Crippen molar-refractivity contribution in [3.05, 3.63) is 17.2 Å². The Hall–Kier alpha value is -0.790. The molecule has 0 fully saturated rings. The largest absolute Gasteiger partial charge is 0.332 e. The summed E-state index contributed by atoms with van der Waals surface area (Å²) in [6.07, 6.45) is 7.80. The molecular weight excluding hydrogens is 196 g/mol. The molecule has 3 rings (SSSR count). The van der Waals surface area contributed by atoms with Gasteiger partial charge in [-0.3, -0.25) is 0 Å². The Morgan fingerprint density at radius 3 is 3.06 bits per heavy atom. The minimum atomic E-state index is 0.747. The molecule has 0 amide bonds. The van der Waals surface area contributed by atoms with Gasteiger partial charge in [-0.2, -0.15) is 0 Å². The van der Waals surface area contributed by atoms with Crippen LogP contribution >= 0.6 is 0 Å². The van der Waals surface area contributed by atoms with Gasteiger partial charge < -0.3 is 4.57 Å². The van der Waals surface area contributed by atoms with E-state index in [0.29, 0.717) is 0 Å².